The van der Waals surface area contributed by atoms with Crippen LogP contribution in [0.1, 0.15) is 25.7 Å². The van der Waals surface area contributed by atoms with Crippen LogP contribution in [0.3, 0.4) is 0 Å². The van der Waals surface area contributed by atoms with Gasteiger partial charge in [-0.3, -0.25) is 0 Å². The van der Waals surface area contributed by atoms with Gasteiger partial charge in [0.2, 0.25) is 0 Å². The quantitative estimate of drug-likeness (QED) is 0.647. The van der Waals surface area contributed by atoms with Crippen molar-refractivity contribution in [2.45, 2.75) is 31.7 Å². The van der Waals surface area contributed by atoms with Crippen LogP contribution in [0.5, 0.6) is 0 Å². The summed E-state index contributed by atoms with van der Waals surface area (Å²) in [6, 6.07) is 13.3. The normalized spacial score (nSPS) is 14.6. The summed E-state index contributed by atoms with van der Waals surface area (Å²) >= 11 is 0. The summed E-state index contributed by atoms with van der Waals surface area (Å²) in [6.45, 7) is 4.50. The zero-order chi connectivity index (χ0) is 16.6. The van der Waals surface area contributed by atoms with Crippen molar-refractivity contribution < 1.29 is 4.42 Å². The largest absolute Gasteiger partial charge is 0.464 e. The third-order valence-electron chi connectivity index (χ3n) is 4.80. The molecule has 26 heavy (non-hydrogen) atoms. The lowest BCUT2D eigenvalue weighted by atomic mass is 10.0. The second-order valence-electron chi connectivity index (χ2n) is 6.55. The van der Waals surface area contributed by atoms with Crippen LogP contribution >= 0.6 is 24.8 Å². The predicted molar refractivity (Wildman–Crippen MR) is 115 cm³/mol. The number of hydrogen-bond donors (Lipinski definition) is 2. The van der Waals surface area contributed by atoms with Gasteiger partial charge in [0, 0.05) is 30.4 Å². The number of unbranched alkanes of at least 4 members (excludes halogenated alkanes) is 1. The van der Waals surface area contributed by atoms with Gasteiger partial charge < -0.3 is 20.0 Å². The Bertz CT molecular complexity index is 599. The van der Waals surface area contributed by atoms with Crippen molar-refractivity contribution in [1.82, 2.24) is 10.6 Å². The molecule has 0 bridgehead atoms. The Morgan fingerprint density at radius 3 is 2.50 bits per heavy atom. The summed E-state index contributed by atoms with van der Waals surface area (Å²) in [4.78, 5) is 2.49. The van der Waals surface area contributed by atoms with Crippen LogP contribution in [0.2, 0.25) is 0 Å². The van der Waals surface area contributed by atoms with E-state index in [0.29, 0.717) is 6.04 Å². The molecule has 0 unspecified atom stereocenters. The number of anilines is 1. The summed E-state index contributed by atoms with van der Waals surface area (Å²) in [5.41, 5.74) is 2.46. The molecule has 1 aromatic carbocycles. The fourth-order valence-electron chi connectivity index (χ4n) is 3.37. The highest BCUT2D eigenvalue weighted by Crippen LogP contribution is 2.27. The van der Waals surface area contributed by atoms with E-state index in [1.54, 1.807) is 6.26 Å². The van der Waals surface area contributed by atoms with Gasteiger partial charge in [0.1, 0.15) is 5.76 Å². The molecule has 1 aliphatic heterocycles. The lowest BCUT2D eigenvalue weighted by molar-refractivity contribution is 0.410. The number of halogens is 2. The third kappa shape index (κ3) is 6.51. The average Bonchev–Trinajstić information content (AvgIpc) is 3.17. The second kappa shape index (κ2) is 12.2. The first-order chi connectivity index (χ1) is 11.9. The molecule has 6 heteroatoms. The van der Waals surface area contributed by atoms with Crippen LogP contribution in [0, 0.1) is 0 Å². The number of piperidine rings is 1. The van der Waals surface area contributed by atoms with Crippen molar-refractivity contribution in [1.29, 1.82) is 0 Å². The van der Waals surface area contributed by atoms with Crippen molar-refractivity contribution in [3.8, 4) is 11.3 Å². The second-order valence-corrected chi connectivity index (χ2v) is 6.55. The summed E-state index contributed by atoms with van der Waals surface area (Å²) in [5.74, 6) is 0.940. The third-order valence-corrected chi connectivity index (χ3v) is 4.80. The van der Waals surface area contributed by atoms with Crippen molar-refractivity contribution in [3.05, 3.63) is 42.7 Å². The minimum atomic E-state index is 0. The van der Waals surface area contributed by atoms with Gasteiger partial charge in [-0.2, -0.15) is 0 Å². The van der Waals surface area contributed by atoms with Gasteiger partial charge in [-0.05, 0) is 70.1 Å². The summed E-state index contributed by atoms with van der Waals surface area (Å²) < 4.78 is 5.52. The number of furan rings is 1. The number of hydrogen-bond acceptors (Lipinski definition) is 4. The van der Waals surface area contributed by atoms with Gasteiger partial charge in [-0.25, -0.2) is 0 Å². The van der Waals surface area contributed by atoms with E-state index < -0.39 is 0 Å². The molecule has 1 fully saturated rings. The van der Waals surface area contributed by atoms with Crippen LogP contribution in [0.4, 0.5) is 5.69 Å². The van der Waals surface area contributed by atoms with E-state index >= 15 is 0 Å². The standard InChI is InChI=1S/C20H29N3O.2ClH/c1-21-11-2-3-12-22-18-9-13-23(14-10-18)19-7-4-6-17(16-19)20-8-5-15-24-20;;/h4-8,15-16,18,21-22H,2-3,9-14H2,1H3;2*1H. The molecular formula is C20H31Cl2N3O. The summed E-state index contributed by atoms with van der Waals surface area (Å²) in [7, 11) is 2.02. The van der Waals surface area contributed by atoms with Crippen LogP contribution in [-0.4, -0.2) is 39.3 Å². The van der Waals surface area contributed by atoms with Crippen molar-refractivity contribution in [3.63, 3.8) is 0 Å². The Hall–Kier alpha value is -1.20. The van der Waals surface area contributed by atoms with Crippen LogP contribution < -0.4 is 15.5 Å². The summed E-state index contributed by atoms with van der Waals surface area (Å²) in [5, 5.41) is 6.92. The molecule has 1 aromatic heterocycles. The maximum Gasteiger partial charge on any atom is 0.133 e. The van der Waals surface area contributed by atoms with Gasteiger partial charge in [-0.15, -0.1) is 24.8 Å². The van der Waals surface area contributed by atoms with E-state index in [0.717, 1.165) is 37.5 Å². The first kappa shape index (κ1) is 22.8. The predicted octanol–water partition coefficient (Wildman–Crippen LogP) is 4.35. The molecule has 2 N–H and O–H groups in total. The van der Waals surface area contributed by atoms with E-state index in [-0.39, 0.29) is 24.8 Å². The van der Waals surface area contributed by atoms with Gasteiger partial charge in [0.05, 0.1) is 6.26 Å². The van der Waals surface area contributed by atoms with Crippen molar-refractivity contribution >= 4 is 30.5 Å². The SMILES string of the molecule is CNCCCCNC1CCN(c2cccc(-c3ccco3)c2)CC1.Cl.Cl. The van der Waals surface area contributed by atoms with E-state index in [1.807, 2.05) is 19.2 Å². The Kier molecular flexibility index (Phi) is 10.7. The molecule has 0 saturated carbocycles. The van der Waals surface area contributed by atoms with E-state index in [9.17, 15) is 0 Å². The number of nitrogens with one attached hydrogen (secondary N) is 2. The molecule has 3 rings (SSSR count). The molecule has 0 spiro atoms. The first-order valence-electron chi connectivity index (χ1n) is 9.13. The molecule has 0 amide bonds. The van der Waals surface area contributed by atoms with Gasteiger partial charge in [-0.1, -0.05) is 12.1 Å². The van der Waals surface area contributed by atoms with Gasteiger partial charge in [0.25, 0.3) is 0 Å². The zero-order valence-corrected chi connectivity index (χ0v) is 17.1. The van der Waals surface area contributed by atoms with Crippen molar-refractivity contribution in [2.75, 3.05) is 38.1 Å². The monoisotopic (exact) mass is 399 g/mol. The molecule has 0 aliphatic carbocycles. The molecule has 0 atom stereocenters. The fourth-order valence-corrected chi connectivity index (χ4v) is 3.37. The van der Waals surface area contributed by atoms with E-state index in [2.05, 4.69) is 39.8 Å². The zero-order valence-electron chi connectivity index (χ0n) is 15.4. The van der Waals surface area contributed by atoms with Crippen LogP contribution in [-0.2, 0) is 0 Å². The highest BCUT2D eigenvalue weighted by atomic mass is 35.5. The fraction of sp³-hybridized carbons (Fsp3) is 0.500. The summed E-state index contributed by atoms with van der Waals surface area (Å²) in [6.07, 6.45) is 6.68. The van der Waals surface area contributed by atoms with Crippen molar-refractivity contribution in [2.24, 2.45) is 0 Å². The van der Waals surface area contributed by atoms with E-state index in [1.165, 1.54) is 31.4 Å². The van der Waals surface area contributed by atoms with Gasteiger partial charge in [0.15, 0.2) is 0 Å². The Morgan fingerprint density at radius 2 is 1.81 bits per heavy atom. The molecular weight excluding hydrogens is 369 g/mol. The maximum atomic E-state index is 5.52. The lowest BCUT2D eigenvalue weighted by Gasteiger charge is -2.34. The topological polar surface area (TPSA) is 40.4 Å². The average molecular weight is 400 g/mol. The lowest BCUT2D eigenvalue weighted by Crippen LogP contribution is -2.42. The van der Waals surface area contributed by atoms with Crippen LogP contribution in [0.15, 0.2) is 47.1 Å². The Labute approximate surface area is 169 Å². The Balaban J connectivity index is 0.00000169. The number of rotatable bonds is 8. The molecule has 0 radical (unpaired) electrons. The minimum absolute atomic E-state index is 0. The molecule has 146 valence electrons. The molecule has 1 aliphatic rings. The highest BCUT2D eigenvalue weighted by Gasteiger charge is 2.19. The number of benzene rings is 1. The maximum absolute atomic E-state index is 5.52. The van der Waals surface area contributed by atoms with Crippen LogP contribution in [0.25, 0.3) is 11.3 Å². The van der Waals surface area contributed by atoms with Gasteiger partial charge >= 0.3 is 0 Å². The smallest absolute Gasteiger partial charge is 0.133 e. The molecule has 2 aromatic rings. The molecule has 1 saturated heterocycles. The Morgan fingerprint density at radius 1 is 1.04 bits per heavy atom. The molecule has 4 nitrogen and oxygen atoms in total. The first-order valence-corrected chi connectivity index (χ1v) is 9.13. The van der Waals surface area contributed by atoms with E-state index in [4.69, 9.17) is 4.42 Å². The highest BCUT2D eigenvalue weighted by molar-refractivity contribution is 5.85. The molecule has 2 heterocycles. The minimum Gasteiger partial charge on any atom is -0.464 e. The number of nitrogens with zero attached hydrogens (tertiary/aromatic N) is 1.